The van der Waals surface area contributed by atoms with Gasteiger partial charge in [0.25, 0.3) is 5.91 Å². The minimum atomic E-state index is -0.239. The van der Waals surface area contributed by atoms with Crippen molar-refractivity contribution < 1.29 is 9.59 Å². The summed E-state index contributed by atoms with van der Waals surface area (Å²) in [4.78, 5) is 25.7. The van der Waals surface area contributed by atoms with Crippen molar-refractivity contribution in [3.05, 3.63) is 52.0 Å². The average molecular weight is 385 g/mol. The molecule has 6 nitrogen and oxygen atoms in total. The highest BCUT2D eigenvalue weighted by Crippen LogP contribution is 2.28. The van der Waals surface area contributed by atoms with Gasteiger partial charge in [-0.2, -0.15) is 5.10 Å². The van der Waals surface area contributed by atoms with Crippen LogP contribution in [0, 0.1) is 13.8 Å². The normalized spacial score (nSPS) is 11.1. The highest BCUT2D eigenvalue weighted by atomic mass is 32.1. The number of aryl methyl sites for hydroxylation is 2. The molecule has 0 saturated carbocycles. The van der Waals surface area contributed by atoms with Gasteiger partial charge in [0.1, 0.15) is 4.83 Å². The molecular formula is C20H24N4O2S. The lowest BCUT2D eigenvalue weighted by atomic mass is 10.1. The van der Waals surface area contributed by atoms with Crippen LogP contribution in [0.15, 0.2) is 30.3 Å². The number of aromatic nitrogens is 2. The Morgan fingerprint density at radius 3 is 2.56 bits per heavy atom. The summed E-state index contributed by atoms with van der Waals surface area (Å²) in [5.74, 6) is -0.433. The Bertz CT molecular complexity index is 970. The molecule has 3 rings (SSSR count). The van der Waals surface area contributed by atoms with E-state index in [-0.39, 0.29) is 24.4 Å². The summed E-state index contributed by atoms with van der Waals surface area (Å²) in [6, 6.07) is 10.2. The van der Waals surface area contributed by atoms with Gasteiger partial charge in [0.2, 0.25) is 5.91 Å². The van der Waals surface area contributed by atoms with Crippen LogP contribution in [0.2, 0.25) is 0 Å². The lowest BCUT2D eigenvalue weighted by Gasteiger charge is -2.08. The Labute approximate surface area is 162 Å². The fourth-order valence-corrected chi connectivity index (χ4v) is 3.90. The first-order valence-electron chi connectivity index (χ1n) is 8.93. The largest absolute Gasteiger partial charge is 0.352 e. The predicted octanol–water partition coefficient (Wildman–Crippen LogP) is 3.02. The molecule has 0 atom stereocenters. The van der Waals surface area contributed by atoms with Crippen molar-refractivity contribution in [3.63, 3.8) is 0 Å². The third-order valence-electron chi connectivity index (χ3n) is 4.14. The number of hydrogen-bond donors (Lipinski definition) is 2. The highest BCUT2D eigenvalue weighted by Gasteiger charge is 2.17. The van der Waals surface area contributed by atoms with E-state index < -0.39 is 0 Å². The third-order valence-corrected chi connectivity index (χ3v) is 5.29. The molecule has 0 spiro atoms. The molecule has 0 fully saturated rings. The molecule has 0 aliphatic heterocycles. The molecule has 2 aromatic heterocycles. The zero-order chi connectivity index (χ0) is 19.6. The summed E-state index contributed by atoms with van der Waals surface area (Å²) >= 11 is 1.40. The fourth-order valence-electron chi connectivity index (χ4n) is 2.82. The summed E-state index contributed by atoms with van der Waals surface area (Å²) in [5.41, 5.74) is 3.27. The number of carbonyl (C=O) groups is 2. The van der Waals surface area contributed by atoms with Crippen molar-refractivity contribution in [2.75, 3.05) is 6.54 Å². The summed E-state index contributed by atoms with van der Waals surface area (Å²) in [6.45, 7) is 8.40. The van der Waals surface area contributed by atoms with Gasteiger partial charge in [-0.1, -0.05) is 29.8 Å². The number of benzene rings is 1. The van der Waals surface area contributed by atoms with Gasteiger partial charge in [0, 0.05) is 11.4 Å². The van der Waals surface area contributed by atoms with E-state index in [0.29, 0.717) is 11.4 Å². The molecule has 2 heterocycles. The number of carbonyl (C=O) groups excluding carboxylic acids is 2. The SMILES string of the molecule is Cc1ccc(Cn2nc(C)c3cc(C(=O)NCC(=O)NC(C)C)sc32)cc1. The standard InChI is InChI=1S/C20H24N4O2S/c1-12(2)22-18(25)10-21-19(26)17-9-16-14(4)23-24(20(16)27-17)11-15-7-5-13(3)6-8-15/h5-9,12H,10-11H2,1-4H3,(H,21,26)(H,22,25). The Kier molecular flexibility index (Phi) is 5.60. The van der Waals surface area contributed by atoms with E-state index in [1.54, 1.807) is 0 Å². The number of fused-ring (bicyclic) bond motifs is 1. The quantitative estimate of drug-likeness (QED) is 0.686. The van der Waals surface area contributed by atoms with Crippen molar-refractivity contribution in [1.29, 1.82) is 0 Å². The molecule has 0 saturated heterocycles. The molecule has 3 aromatic rings. The first-order valence-corrected chi connectivity index (χ1v) is 9.75. The average Bonchev–Trinajstić information content (AvgIpc) is 3.16. The molecule has 1 aromatic carbocycles. The molecule has 7 heteroatoms. The second-order valence-corrected chi connectivity index (χ2v) is 7.99. The van der Waals surface area contributed by atoms with Crippen LogP contribution < -0.4 is 10.6 Å². The molecular weight excluding hydrogens is 360 g/mol. The fraction of sp³-hybridized carbons (Fsp3) is 0.350. The number of amides is 2. The van der Waals surface area contributed by atoms with E-state index in [2.05, 4.69) is 46.9 Å². The maximum Gasteiger partial charge on any atom is 0.261 e. The Balaban J connectivity index is 1.76. The van der Waals surface area contributed by atoms with Crippen molar-refractivity contribution in [1.82, 2.24) is 20.4 Å². The van der Waals surface area contributed by atoms with Crippen LogP contribution >= 0.6 is 11.3 Å². The molecule has 0 aliphatic carbocycles. The predicted molar refractivity (Wildman–Crippen MR) is 108 cm³/mol. The van der Waals surface area contributed by atoms with Gasteiger partial charge >= 0.3 is 0 Å². The summed E-state index contributed by atoms with van der Waals surface area (Å²) in [5, 5.41) is 11.0. The Hall–Kier alpha value is -2.67. The second-order valence-electron chi connectivity index (χ2n) is 6.96. The minimum Gasteiger partial charge on any atom is -0.352 e. The van der Waals surface area contributed by atoms with E-state index in [0.717, 1.165) is 21.5 Å². The molecule has 2 amide bonds. The Morgan fingerprint density at radius 1 is 1.19 bits per heavy atom. The first kappa shape index (κ1) is 19.1. The van der Waals surface area contributed by atoms with Crippen LogP contribution in [-0.4, -0.2) is 34.2 Å². The second kappa shape index (κ2) is 7.92. The van der Waals surface area contributed by atoms with Crippen LogP contribution in [0.3, 0.4) is 0 Å². The molecule has 0 bridgehead atoms. The number of hydrogen-bond acceptors (Lipinski definition) is 4. The molecule has 0 radical (unpaired) electrons. The maximum absolute atomic E-state index is 12.4. The molecule has 142 valence electrons. The van der Waals surface area contributed by atoms with Crippen LogP contribution in [-0.2, 0) is 11.3 Å². The summed E-state index contributed by atoms with van der Waals surface area (Å²) < 4.78 is 1.93. The van der Waals surface area contributed by atoms with Crippen LogP contribution in [0.25, 0.3) is 10.2 Å². The zero-order valence-corrected chi connectivity index (χ0v) is 16.8. The van der Waals surface area contributed by atoms with E-state index in [1.165, 1.54) is 16.9 Å². The highest BCUT2D eigenvalue weighted by molar-refractivity contribution is 7.20. The minimum absolute atomic E-state index is 0.0280. The van der Waals surface area contributed by atoms with Gasteiger partial charge in [-0.3, -0.25) is 14.3 Å². The Morgan fingerprint density at radius 2 is 1.89 bits per heavy atom. The van der Waals surface area contributed by atoms with E-state index in [9.17, 15) is 9.59 Å². The molecule has 0 unspecified atom stereocenters. The van der Waals surface area contributed by atoms with Gasteiger partial charge in [-0.15, -0.1) is 11.3 Å². The van der Waals surface area contributed by atoms with Crippen molar-refractivity contribution in [2.45, 2.75) is 40.3 Å². The summed E-state index contributed by atoms with van der Waals surface area (Å²) in [7, 11) is 0. The molecule has 0 aliphatic rings. The van der Waals surface area contributed by atoms with Crippen molar-refractivity contribution in [3.8, 4) is 0 Å². The molecule has 27 heavy (non-hydrogen) atoms. The number of thiophene rings is 1. The van der Waals surface area contributed by atoms with Gasteiger partial charge in [0.05, 0.1) is 23.7 Å². The van der Waals surface area contributed by atoms with Gasteiger partial charge < -0.3 is 10.6 Å². The van der Waals surface area contributed by atoms with Gasteiger partial charge in [0.15, 0.2) is 0 Å². The maximum atomic E-state index is 12.4. The first-order chi connectivity index (χ1) is 12.8. The van der Waals surface area contributed by atoms with Crippen LogP contribution in [0.5, 0.6) is 0 Å². The van der Waals surface area contributed by atoms with Crippen molar-refractivity contribution in [2.24, 2.45) is 0 Å². The lowest BCUT2D eigenvalue weighted by Crippen LogP contribution is -2.39. The number of nitrogens with one attached hydrogen (secondary N) is 2. The monoisotopic (exact) mass is 384 g/mol. The topological polar surface area (TPSA) is 76.0 Å². The number of rotatable bonds is 6. The summed E-state index contributed by atoms with van der Waals surface area (Å²) in [6.07, 6.45) is 0. The zero-order valence-electron chi connectivity index (χ0n) is 16.0. The van der Waals surface area contributed by atoms with Gasteiger partial charge in [-0.05, 0) is 39.3 Å². The molecule has 2 N–H and O–H groups in total. The lowest BCUT2D eigenvalue weighted by molar-refractivity contribution is -0.120. The van der Waals surface area contributed by atoms with E-state index in [1.807, 2.05) is 31.5 Å². The van der Waals surface area contributed by atoms with Crippen LogP contribution in [0.1, 0.15) is 40.3 Å². The third kappa shape index (κ3) is 4.54. The van der Waals surface area contributed by atoms with E-state index >= 15 is 0 Å². The van der Waals surface area contributed by atoms with E-state index in [4.69, 9.17) is 0 Å². The smallest absolute Gasteiger partial charge is 0.261 e. The van der Waals surface area contributed by atoms with Gasteiger partial charge in [-0.25, -0.2) is 0 Å². The van der Waals surface area contributed by atoms with Crippen LogP contribution in [0.4, 0.5) is 0 Å². The van der Waals surface area contributed by atoms with Crippen molar-refractivity contribution >= 4 is 33.4 Å². The number of nitrogens with zero attached hydrogens (tertiary/aromatic N) is 2.